The standard InChI is InChI=1S/C87H61N5/c1-5-28-62(29-6-1)88(63-30-7-2-8-31-63)66-46-50-68(51-47-66)90(82-44-21-26-60-24-13-15-36-72(60)82)70-54-56-74-75-57-55-71(59-81(75)87(80(74)58-70)78-40-18-20-43-85(78)92-84-42-19-17-38-76(84)77-39-23-41-79(87)86(77)92)91(83-45-22-27-61-25-14-16-37-73(61)83)69-52-48-67(49-53-69)89(64-32-9-3-10-33-64)65-34-11-4-12-35-65/h1-11,13-34,36-59H,12,35H2/t87-/m0/s1. The molecule has 1 spiro atoms. The van der Waals surface area contributed by atoms with E-state index in [1.165, 1.54) is 88.1 Å². The predicted octanol–water partition coefficient (Wildman–Crippen LogP) is 23.5. The molecule has 0 unspecified atom stereocenters. The van der Waals surface area contributed by atoms with Crippen LogP contribution in [0.25, 0.3) is 60.2 Å². The minimum Gasteiger partial charge on any atom is -0.314 e. The quantitative estimate of drug-likeness (QED) is 0.121. The van der Waals surface area contributed by atoms with Crippen molar-refractivity contribution in [3.05, 3.63) is 374 Å². The Hall–Kier alpha value is -11.9. The molecule has 0 amide bonds. The van der Waals surface area contributed by atoms with Crippen LogP contribution in [-0.4, -0.2) is 4.57 Å². The Morgan fingerprint density at radius 2 is 0.707 bits per heavy atom. The molecule has 1 aromatic heterocycles. The van der Waals surface area contributed by atoms with Crippen LogP contribution in [0.15, 0.2) is 352 Å². The van der Waals surface area contributed by atoms with Crippen LogP contribution in [-0.2, 0) is 5.41 Å². The van der Waals surface area contributed by atoms with Crippen LogP contribution < -0.4 is 19.6 Å². The zero-order valence-corrected chi connectivity index (χ0v) is 50.6. The van der Waals surface area contributed by atoms with E-state index in [9.17, 15) is 0 Å². The van der Waals surface area contributed by atoms with Gasteiger partial charge in [-0.1, -0.05) is 206 Å². The van der Waals surface area contributed by atoms with Gasteiger partial charge in [0.15, 0.2) is 0 Å². The Morgan fingerprint density at radius 1 is 0.293 bits per heavy atom. The Labute approximate surface area is 535 Å². The predicted molar refractivity (Wildman–Crippen MR) is 386 cm³/mol. The minimum absolute atomic E-state index is 0.788. The fourth-order valence-corrected chi connectivity index (χ4v) is 15.5. The maximum Gasteiger partial charge on any atom is 0.0756 e. The normalized spacial score (nSPS) is 14.3. The second-order valence-electron chi connectivity index (χ2n) is 24.3. The van der Waals surface area contributed by atoms with Gasteiger partial charge in [0.1, 0.15) is 0 Å². The molecular weight excluding hydrogens is 1110 g/mol. The molecule has 2 heterocycles. The molecular formula is C87H61N5. The van der Waals surface area contributed by atoms with Gasteiger partial charge in [-0.25, -0.2) is 0 Å². The molecule has 0 saturated carbocycles. The maximum absolute atomic E-state index is 2.55. The summed E-state index contributed by atoms with van der Waals surface area (Å²) in [5, 5.41) is 7.21. The number of hydrogen-bond acceptors (Lipinski definition) is 4. The first-order valence-electron chi connectivity index (χ1n) is 32.0. The van der Waals surface area contributed by atoms with Crippen LogP contribution in [0.3, 0.4) is 0 Å². The third-order valence-corrected chi connectivity index (χ3v) is 19.3. The lowest BCUT2D eigenvalue weighted by Crippen LogP contribution is -2.33. The molecule has 2 aliphatic carbocycles. The molecule has 5 nitrogen and oxygen atoms in total. The molecule has 434 valence electrons. The van der Waals surface area contributed by atoms with E-state index in [1.54, 1.807) is 0 Å². The van der Waals surface area contributed by atoms with Gasteiger partial charge in [-0.2, -0.15) is 0 Å². The zero-order chi connectivity index (χ0) is 60.7. The van der Waals surface area contributed by atoms with Gasteiger partial charge in [0.05, 0.1) is 33.5 Å². The number of allylic oxidation sites excluding steroid dienone is 4. The Bertz CT molecular complexity index is 5370. The molecule has 3 aliphatic rings. The molecule has 18 rings (SSSR count). The van der Waals surface area contributed by atoms with E-state index in [0.717, 1.165) is 75.4 Å². The molecule has 92 heavy (non-hydrogen) atoms. The first-order chi connectivity index (χ1) is 45.7. The number of para-hydroxylation sites is 6. The number of rotatable bonds is 12. The molecule has 14 aromatic carbocycles. The average Bonchev–Trinajstić information content (AvgIpc) is 1.47. The van der Waals surface area contributed by atoms with E-state index in [4.69, 9.17) is 0 Å². The smallest absolute Gasteiger partial charge is 0.0756 e. The van der Waals surface area contributed by atoms with Gasteiger partial charge in [-0.3, -0.25) is 0 Å². The lowest BCUT2D eigenvalue weighted by atomic mass is 9.65. The molecule has 1 atom stereocenters. The molecule has 15 aromatic rings. The number of fused-ring (bicyclic) bond motifs is 14. The summed E-state index contributed by atoms with van der Waals surface area (Å²) < 4.78 is 2.55. The van der Waals surface area contributed by atoms with E-state index in [1.807, 2.05) is 0 Å². The molecule has 0 fully saturated rings. The molecule has 5 heteroatoms. The fraction of sp³-hybridized carbons (Fsp3) is 0.0345. The molecule has 1 aliphatic heterocycles. The Morgan fingerprint density at radius 3 is 1.26 bits per heavy atom. The average molecular weight is 1180 g/mol. The van der Waals surface area contributed by atoms with Gasteiger partial charge in [0.25, 0.3) is 0 Å². The highest BCUT2D eigenvalue weighted by Crippen LogP contribution is 2.63. The van der Waals surface area contributed by atoms with Gasteiger partial charge < -0.3 is 24.2 Å². The van der Waals surface area contributed by atoms with Crippen molar-refractivity contribution < 1.29 is 0 Å². The number of anilines is 11. The van der Waals surface area contributed by atoms with Crippen molar-refractivity contribution in [2.24, 2.45) is 0 Å². The number of benzene rings is 14. The van der Waals surface area contributed by atoms with Gasteiger partial charge >= 0.3 is 0 Å². The van der Waals surface area contributed by atoms with Crippen LogP contribution in [0.2, 0.25) is 0 Å². The second kappa shape index (κ2) is 21.7. The van der Waals surface area contributed by atoms with Crippen LogP contribution >= 0.6 is 0 Å². The topological polar surface area (TPSA) is 17.9 Å². The fourth-order valence-electron chi connectivity index (χ4n) is 15.5. The first kappa shape index (κ1) is 53.1. The second-order valence-corrected chi connectivity index (χ2v) is 24.3. The van der Waals surface area contributed by atoms with E-state index < -0.39 is 5.41 Å². The van der Waals surface area contributed by atoms with Crippen molar-refractivity contribution in [3.63, 3.8) is 0 Å². The van der Waals surface area contributed by atoms with Crippen molar-refractivity contribution in [2.45, 2.75) is 18.3 Å². The number of nitrogens with zero attached hydrogens (tertiary/aromatic N) is 5. The van der Waals surface area contributed by atoms with Crippen molar-refractivity contribution in [3.8, 4) is 16.8 Å². The van der Waals surface area contributed by atoms with E-state index >= 15 is 0 Å². The van der Waals surface area contributed by atoms with Crippen molar-refractivity contribution >= 4 is 106 Å². The van der Waals surface area contributed by atoms with Crippen LogP contribution in [0.5, 0.6) is 0 Å². The van der Waals surface area contributed by atoms with Crippen molar-refractivity contribution in [1.29, 1.82) is 0 Å². The monoisotopic (exact) mass is 1180 g/mol. The van der Waals surface area contributed by atoms with E-state index in [-0.39, 0.29) is 0 Å². The lowest BCUT2D eigenvalue weighted by Gasteiger charge is -2.40. The first-order valence-corrected chi connectivity index (χ1v) is 32.0. The maximum atomic E-state index is 2.55. The number of hydrogen-bond donors (Lipinski definition) is 0. The van der Waals surface area contributed by atoms with Gasteiger partial charge in [-0.05, 0) is 197 Å². The van der Waals surface area contributed by atoms with E-state index in [2.05, 4.69) is 370 Å². The van der Waals surface area contributed by atoms with Crippen LogP contribution in [0, 0.1) is 0 Å². The summed E-state index contributed by atoms with van der Waals surface area (Å²) in [6, 6.07) is 121. The third kappa shape index (κ3) is 8.32. The Kier molecular flexibility index (Phi) is 12.5. The SMILES string of the molecule is C1=CCCC(N(c2ccccc2)c2ccc(N(c3ccc4c(c3)[C@@]3(c5cc(N(c6ccc(N(c7ccccc7)c7ccccc7)cc6)c6cccc7ccccc67)ccc5-4)c4ccccc4-n4c5ccccc5c5cccc3c54)c3cccc4ccccc34)cc2)=C1. The van der Waals surface area contributed by atoms with Gasteiger partial charge in [0, 0.05) is 78.4 Å². The highest BCUT2D eigenvalue weighted by atomic mass is 15.2. The summed E-state index contributed by atoms with van der Waals surface area (Å²) in [5.74, 6) is 0. The highest BCUT2D eigenvalue weighted by molar-refractivity contribution is 6.13. The summed E-state index contributed by atoms with van der Waals surface area (Å²) >= 11 is 0. The summed E-state index contributed by atoms with van der Waals surface area (Å²) in [6.45, 7) is 0. The molecule has 0 saturated heterocycles. The summed E-state index contributed by atoms with van der Waals surface area (Å²) in [4.78, 5) is 9.74. The van der Waals surface area contributed by atoms with Crippen LogP contribution in [0.1, 0.15) is 35.1 Å². The minimum atomic E-state index is -0.788. The van der Waals surface area contributed by atoms with Gasteiger partial charge in [0.2, 0.25) is 0 Å². The zero-order valence-electron chi connectivity index (χ0n) is 50.6. The molecule has 0 bridgehead atoms. The van der Waals surface area contributed by atoms with Crippen LogP contribution in [0.4, 0.5) is 62.6 Å². The molecule has 0 radical (unpaired) electrons. The van der Waals surface area contributed by atoms with Crippen molar-refractivity contribution in [2.75, 3.05) is 19.6 Å². The van der Waals surface area contributed by atoms with E-state index in [0.29, 0.717) is 0 Å². The summed E-state index contributed by atoms with van der Waals surface area (Å²) in [5.41, 5.74) is 23.6. The largest absolute Gasteiger partial charge is 0.314 e. The Balaban J connectivity index is 0.874. The lowest BCUT2D eigenvalue weighted by molar-refractivity contribution is 0.748. The highest BCUT2D eigenvalue weighted by Gasteiger charge is 2.51. The summed E-state index contributed by atoms with van der Waals surface area (Å²) in [6.07, 6.45) is 8.69. The number of aromatic nitrogens is 1. The summed E-state index contributed by atoms with van der Waals surface area (Å²) in [7, 11) is 0. The van der Waals surface area contributed by atoms with Gasteiger partial charge in [-0.15, -0.1) is 0 Å². The third-order valence-electron chi connectivity index (χ3n) is 19.3. The molecule has 0 N–H and O–H groups in total. The van der Waals surface area contributed by atoms with Crippen molar-refractivity contribution in [1.82, 2.24) is 4.57 Å².